The van der Waals surface area contributed by atoms with Crippen LogP contribution in [0.1, 0.15) is 30.4 Å². The Kier molecular flexibility index (Phi) is 3.59. The van der Waals surface area contributed by atoms with Crippen molar-refractivity contribution in [3.8, 4) is 0 Å². The highest BCUT2D eigenvalue weighted by Gasteiger charge is 2.29. The normalized spacial score (nSPS) is 17.4. The van der Waals surface area contributed by atoms with E-state index in [2.05, 4.69) is 5.32 Å². The number of aryl methyl sites for hydroxylation is 2. The van der Waals surface area contributed by atoms with Crippen LogP contribution in [0.25, 0.3) is 0 Å². The minimum absolute atomic E-state index is 0.131. The molecule has 0 radical (unpaired) electrons. The van der Waals surface area contributed by atoms with Crippen molar-refractivity contribution >= 4 is 0 Å². The monoisotopic (exact) mass is 221 g/mol. The molecule has 1 N–H and O–H groups in total. The fourth-order valence-corrected chi connectivity index (χ4v) is 2.37. The van der Waals surface area contributed by atoms with Crippen molar-refractivity contribution in [1.82, 2.24) is 5.32 Å². The topological polar surface area (TPSA) is 12.0 Å². The third-order valence-electron chi connectivity index (χ3n) is 3.59. The van der Waals surface area contributed by atoms with Crippen LogP contribution in [0.3, 0.4) is 0 Å². The highest BCUT2D eigenvalue weighted by molar-refractivity contribution is 5.26. The van der Waals surface area contributed by atoms with Gasteiger partial charge in [-0.3, -0.25) is 0 Å². The summed E-state index contributed by atoms with van der Waals surface area (Å²) < 4.78 is 12.9. The molecule has 1 fully saturated rings. The van der Waals surface area contributed by atoms with E-state index in [9.17, 15) is 4.39 Å². The summed E-state index contributed by atoms with van der Waals surface area (Å²) in [5, 5.41) is 3.39. The number of halogens is 1. The van der Waals surface area contributed by atoms with E-state index >= 15 is 0 Å². The van der Waals surface area contributed by atoms with Crippen molar-refractivity contribution in [3.63, 3.8) is 0 Å². The predicted molar refractivity (Wildman–Crippen MR) is 65.0 cm³/mol. The first-order chi connectivity index (χ1) is 7.70. The quantitative estimate of drug-likeness (QED) is 0.805. The fraction of sp³-hybridized carbons (Fsp3) is 0.571. The third kappa shape index (κ3) is 2.82. The number of rotatable bonds is 5. The zero-order valence-corrected chi connectivity index (χ0v) is 10.1. The Morgan fingerprint density at radius 2 is 2.19 bits per heavy atom. The molecule has 1 saturated carbocycles. The highest BCUT2D eigenvalue weighted by atomic mass is 19.1. The maximum absolute atomic E-state index is 12.9. The van der Waals surface area contributed by atoms with Gasteiger partial charge in [0.1, 0.15) is 5.82 Å². The van der Waals surface area contributed by atoms with Crippen LogP contribution in [0.15, 0.2) is 18.2 Å². The maximum atomic E-state index is 12.9. The average molecular weight is 221 g/mol. The number of hydrogen-bond donors (Lipinski definition) is 1. The van der Waals surface area contributed by atoms with Crippen LogP contribution < -0.4 is 5.32 Å². The first-order valence-electron chi connectivity index (χ1n) is 6.13. The Morgan fingerprint density at radius 1 is 1.44 bits per heavy atom. The standard InChI is InChI=1S/C14H20FN/c1-10-9-13(15)7-5-11(10)6-8-14(16-2)12-3-4-12/h5,7,9,12,14,16H,3-4,6,8H2,1-2H3. The summed E-state index contributed by atoms with van der Waals surface area (Å²) in [6.07, 6.45) is 4.95. The van der Waals surface area contributed by atoms with Crippen LogP contribution in [0.4, 0.5) is 4.39 Å². The second-order valence-electron chi connectivity index (χ2n) is 4.84. The molecular weight excluding hydrogens is 201 g/mol. The minimum atomic E-state index is -0.131. The van der Waals surface area contributed by atoms with Gasteiger partial charge >= 0.3 is 0 Å². The van der Waals surface area contributed by atoms with Crippen LogP contribution in [0.5, 0.6) is 0 Å². The van der Waals surface area contributed by atoms with E-state index in [1.807, 2.05) is 20.0 Å². The second-order valence-corrected chi connectivity index (χ2v) is 4.84. The average Bonchev–Trinajstić information content (AvgIpc) is 3.06. The second kappa shape index (κ2) is 4.96. The minimum Gasteiger partial charge on any atom is -0.317 e. The lowest BCUT2D eigenvalue weighted by atomic mass is 9.99. The lowest BCUT2D eigenvalue weighted by Gasteiger charge is -2.15. The van der Waals surface area contributed by atoms with Crippen LogP contribution >= 0.6 is 0 Å². The van der Waals surface area contributed by atoms with Gasteiger partial charge in [0.25, 0.3) is 0 Å². The molecule has 1 atom stereocenters. The zero-order chi connectivity index (χ0) is 11.5. The molecule has 0 saturated heterocycles. The molecule has 1 aromatic carbocycles. The smallest absolute Gasteiger partial charge is 0.123 e. The largest absolute Gasteiger partial charge is 0.317 e. The van der Waals surface area contributed by atoms with E-state index in [0.29, 0.717) is 6.04 Å². The Balaban J connectivity index is 1.92. The molecule has 1 unspecified atom stereocenters. The Bertz CT molecular complexity index is 358. The van der Waals surface area contributed by atoms with E-state index in [4.69, 9.17) is 0 Å². The van der Waals surface area contributed by atoms with Crippen LogP contribution in [0.2, 0.25) is 0 Å². The zero-order valence-electron chi connectivity index (χ0n) is 10.1. The predicted octanol–water partition coefficient (Wildman–Crippen LogP) is 3.06. The molecule has 1 aliphatic carbocycles. The molecule has 0 heterocycles. The van der Waals surface area contributed by atoms with Gasteiger partial charge in [0.2, 0.25) is 0 Å². The van der Waals surface area contributed by atoms with Gasteiger partial charge in [-0.15, -0.1) is 0 Å². The first kappa shape index (κ1) is 11.6. The molecule has 2 rings (SSSR count). The van der Waals surface area contributed by atoms with E-state index in [1.165, 1.54) is 18.4 Å². The summed E-state index contributed by atoms with van der Waals surface area (Å²) in [4.78, 5) is 0. The Labute approximate surface area is 97.1 Å². The summed E-state index contributed by atoms with van der Waals surface area (Å²) in [6.45, 7) is 1.99. The molecule has 88 valence electrons. The molecule has 0 amide bonds. The van der Waals surface area contributed by atoms with E-state index in [0.717, 1.165) is 24.3 Å². The Morgan fingerprint density at radius 3 is 2.75 bits per heavy atom. The van der Waals surface area contributed by atoms with E-state index in [1.54, 1.807) is 12.1 Å². The third-order valence-corrected chi connectivity index (χ3v) is 3.59. The Hall–Kier alpha value is -0.890. The van der Waals surface area contributed by atoms with Gasteiger partial charge in [-0.1, -0.05) is 6.07 Å². The summed E-state index contributed by atoms with van der Waals surface area (Å²) in [6, 6.07) is 5.75. The van der Waals surface area contributed by atoms with Gasteiger partial charge in [-0.05, 0) is 68.8 Å². The van der Waals surface area contributed by atoms with Crippen molar-refractivity contribution in [1.29, 1.82) is 0 Å². The molecule has 0 aromatic heterocycles. The van der Waals surface area contributed by atoms with Crippen molar-refractivity contribution in [2.24, 2.45) is 5.92 Å². The lowest BCUT2D eigenvalue weighted by Crippen LogP contribution is -2.27. The van der Waals surface area contributed by atoms with Gasteiger partial charge in [-0.2, -0.15) is 0 Å². The molecule has 2 heteroatoms. The maximum Gasteiger partial charge on any atom is 0.123 e. The van der Waals surface area contributed by atoms with Crippen molar-refractivity contribution in [2.45, 2.75) is 38.6 Å². The lowest BCUT2D eigenvalue weighted by molar-refractivity contribution is 0.470. The molecule has 1 aliphatic rings. The summed E-state index contributed by atoms with van der Waals surface area (Å²) in [7, 11) is 2.04. The number of hydrogen-bond acceptors (Lipinski definition) is 1. The molecule has 0 spiro atoms. The number of benzene rings is 1. The highest BCUT2D eigenvalue weighted by Crippen LogP contribution is 2.34. The van der Waals surface area contributed by atoms with Crippen molar-refractivity contribution in [2.75, 3.05) is 7.05 Å². The molecule has 16 heavy (non-hydrogen) atoms. The van der Waals surface area contributed by atoms with Gasteiger partial charge in [0, 0.05) is 6.04 Å². The van der Waals surface area contributed by atoms with Gasteiger partial charge in [0.15, 0.2) is 0 Å². The van der Waals surface area contributed by atoms with Gasteiger partial charge < -0.3 is 5.32 Å². The first-order valence-corrected chi connectivity index (χ1v) is 6.13. The number of nitrogens with one attached hydrogen (secondary N) is 1. The van der Waals surface area contributed by atoms with E-state index < -0.39 is 0 Å². The molecule has 0 bridgehead atoms. The van der Waals surface area contributed by atoms with Crippen molar-refractivity contribution < 1.29 is 4.39 Å². The van der Waals surface area contributed by atoms with Gasteiger partial charge in [0.05, 0.1) is 0 Å². The van der Waals surface area contributed by atoms with Gasteiger partial charge in [-0.25, -0.2) is 4.39 Å². The van der Waals surface area contributed by atoms with Crippen LogP contribution in [-0.4, -0.2) is 13.1 Å². The fourth-order valence-electron chi connectivity index (χ4n) is 2.37. The van der Waals surface area contributed by atoms with Crippen molar-refractivity contribution in [3.05, 3.63) is 35.1 Å². The SMILES string of the molecule is CNC(CCc1ccc(F)cc1C)C1CC1. The van der Waals surface area contributed by atoms with Crippen LogP contribution in [-0.2, 0) is 6.42 Å². The summed E-state index contributed by atoms with van der Waals surface area (Å²) in [5.74, 6) is 0.749. The molecular formula is C14H20FN. The molecule has 1 nitrogen and oxygen atoms in total. The van der Waals surface area contributed by atoms with E-state index in [-0.39, 0.29) is 5.82 Å². The van der Waals surface area contributed by atoms with Crippen LogP contribution in [0, 0.1) is 18.7 Å². The summed E-state index contributed by atoms with van der Waals surface area (Å²) >= 11 is 0. The summed E-state index contributed by atoms with van der Waals surface area (Å²) in [5.41, 5.74) is 2.35. The molecule has 1 aromatic rings. The molecule has 0 aliphatic heterocycles.